The number of hydrogen-bond donors (Lipinski definition) is 3. The van der Waals surface area contributed by atoms with Crippen LogP contribution in [0.25, 0.3) is 0 Å². The van der Waals surface area contributed by atoms with Crippen molar-refractivity contribution >= 4 is 17.3 Å². The number of aromatic nitrogens is 3. The molecule has 2 aromatic heterocycles. The lowest BCUT2D eigenvalue weighted by Crippen LogP contribution is -2.41. The van der Waals surface area contributed by atoms with Gasteiger partial charge < -0.3 is 20.7 Å². The van der Waals surface area contributed by atoms with E-state index in [0.29, 0.717) is 26.1 Å². The Hall–Kier alpha value is -1.77. The van der Waals surface area contributed by atoms with E-state index >= 15 is 0 Å². The molecule has 0 bridgehead atoms. The summed E-state index contributed by atoms with van der Waals surface area (Å²) in [6.07, 6.45) is 5.72. The highest BCUT2D eigenvalue weighted by Gasteiger charge is 2.18. The number of imidazole rings is 1. The number of hydrogen-bond acceptors (Lipinski definition) is 6. The van der Waals surface area contributed by atoms with Crippen LogP contribution < -0.4 is 11.1 Å². The summed E-state index contributed by atoms with van der Waals surface area (Å²) in [5.41, 5.74) is 7.89. The van der Waals surface area contributed by atoms with E-state index in [2.05, 4.69) is 15.3 Å². The first-order valence-corrected chi connectivity index (χ1v) is 7.11. The summed E-state index contributed by atoms with van der Waals surface area (Å²) in [6.45, 7) is 1.58. The summed E-state index contributed by atoms with van der Waals surface area (Å²) in [4.78, 5) is 20.5. The number of nitrogens with zero attached hydrogens (tertiary/aromatic N) is 3. The average Bonchev–Trinajstić information content (AvgIpc) is 3.06. The fourth-order valence-corrected chi connectivity index (χ4v) is 2.41. The Morgan fingerprint density at radius 1 is 1.60 bits per heavy atom. The van der Waals surface area contributed by atoms with E-state index in [1.807, 2.05) is 17.0 Å². The van der Waals surface area contributed by atoms with Crippen molar-refractivity contribution in [1.82, 2.24) is 19.9 Å². The summed E-state index contributed by atoms with van der Waals surface area (Å²) in [5, 5.41) is 12.0. The molecule has 0 aliphatic heterocycles. The minimum absolute atomic E-state index is 0.338. The van der Waals surface area contributed by atoms with Crippen molar-refractivity contribution in [2.45, 2.75) is 19.0 Å². The normalized spacial score (nSPS) is 12.4. The van der Waals surface area contributed by atoms with Gasteiger partial charge in [-0.1, -0.05) is 0 Å². The summed E-state index contributed by atoms with van der Waals surface area (Å²) in [5.74, 6) is -0.893. The summed E-state index contributed by atoms with van der Waals surface area (Å²) in [6, 6.07) is -0.662. The van der Waals surface area contributed by atoms with Gasteiger partial charge in [0, 0.05) is 36.8 Å². The van der Waals surface area contributed by atoms with Gasteiger partial charge in [-0.25, -0.2) is 4.98 Å². The minimum atomic E-state index is -0.893. The second-order valence-electron chi connectivity index (χ2n) is 4.34. The highest BCUT2D eigenvalue weighted by Crippen LogP contribution is 2.09. The van der Waals surface area contributed by atoms with Crippen LogP contribution in [0.5, 0.6) is 0 Å². The number of nitrogens with one attached hydrogen (secondary N) is 1. The van der Waals surface area contributed by atoms with Crippen LogP contribution in [0.4, 0.5) is 0 Å². The highest BCUT2D eigenvalue weighted by atomic mass is 32.1. The number of rotatable bonds is 8. The topological polar surface area (TPSA) is 106 Å². The van der Waals surface area contributed by atoms with Gasteiger partial charge in [-0.2, -0.15) is 0 Å². The first-order valence-electron chi connectivity index (χ1n) is 6.23. The molecular weight excluding hydrogens is 278 g/mol. The van der Waals surface area contributed by atoms with Crippen LogP contribution in [0, 0.1) is 0 Å². The highest BCUT2D eigenvalue weighted by molar-refractivity contribution is 7.09. The lowest BCUT2D eigenvalue weighted by molar-refractivity contribution is -0.139. The van der Waals surface area contributed by atoms with Gasteiger partial charge >= 0.3 is 5.97 Å². The molecule has 0 saturated heterocycles. The molecule has 0 spiro atoms. The molecule has 4 N–H and O–H groups in total. The lowest BCUT2D eigenvalue weighted by atomic mass is 10.1. The Morgan fingerprint density at radius 2 is 2.45 bits per heavy atom. The Balaban J connectivity index is 1.95. The molecule has 0 aliphatic rings. The molecule has 8 heteroatoms. The van der Waals surface area contributed by atoms with Crippen LogP contribution in [0.15, 0.2) is 24.2 Å². The number of aliphatic carboxylic acids is 1. The second-order valence-corrected chi connectivity index (χ2v) is 5.31. The van der Waals surface area contributed by atoms with Crippen molar-refractivity contribution in [3.05, 3.63) is 34.8 Å². The predicted octanol–water partition coefficient (Wildman–Crippen LogP) is -0.0681. The van der Waals surface area contributed by atoms with Crippen LogP contribution >= 0.6 is 11.3 Å². The molecule has 20 heavy (non-hydrogen) atoms. The zero-order valence-electron chi connectivity index (χ0n) is 10.9. The van der Waals surface area contributed by atoms with E-state index in [1.54, 1.807) is 23.2 Å². The predicted molar refractivity (Wildman–Crippen MR) is 75.6 cm³/mol. The molecule has 0 amide bonds. The average molecular weight is 295 g/mol. The van der Waals surface area contributed by atoms with Crippen molar-refractivity contribution in [2.75, 3.05) is 13.1 Å². The van der Waals surface area contributed by atoms with Gasteiger partial charge in [0.15, 0.2) is 0 Å². The molecule has 108 valence electrons. The molecule has 7 nitrogen and oxygen atoms in total. The number of carboxylic acids is 1. The largest absolute Gasteiger partial charge is 0.480 e. The van der Waals surface area contributed by atoms with Crippen molar-refractivity contribution in [3.8, 4) is 0 Å². The van der Waals surface area contributed by atoms with E-state index in [-0.39, 0.29) is 0 Å². The summed E-state index contributed by atoms with van der Waals surface area (Å²) in [7, 11) is 0. The number of carboxylic acid groups (broad SMARTS) is 1. The Kier molecular flexibility index (Phi) is 5.22. The van der Waals surface area contributed by atoms with Gasteiger partial charge in [0.05, 0.1) is 24.1 Å². The summed E-state index contributed by atoms with van der Waals surface area (Å²) < 4.78 is 1.92. The van der Waals surface area contributed by atoms with Crippen LogP contribution in [0.3, 0.4) is 0 Å². The monoisotopic (exact) mass is 295 g/mol. The molecule has 1 atom stereocenters. The van der Waals surface area contributed by atoms with E-state index in [4.69, 9.17) is 10.8 Å². The molecule has 2 heterocycles. The molecule has 0 aliphatic carbocycles. The number of thiazole rings is 1. The van der Waals surface area contributed by atoms with Crippen molar-refractivity contribution in [1.29, 1.82) is 0 Å². The third-order valence-electron chi connectivity index (χ3n) is 2.76. The molecule has 0 fully saturated rings. The van der Waals surface area contributed by atoms with Crippen LogP contribution in [0.1, 0.15) is 10.6 Å². The van der Waals surface area contributed by atoms with Gasteiger partial charge in [0.25, 0.3) is 0 Å². The molecule has 0 saturated carbocycles. The standard InChI is InChI=1S/C12H17N5O2S/c13-1-2-15-11(12(18)19)3-9-5-17(7-16-9)6-10-4-14-8-20-10/h4-5,7-8,11,15H,1-3,6,13H2,(H,18,19)/t11-/m0/s1. The maximum atomic E-state index is 11.1. The van der Waals surface area contributed by atoms with E-state index in [0.717, 1.165) is 10.6 Å². The Labute approximate surface area is 120 Å². The molecule has 2 rings (SSSR count). The maximum absolute atomic E-state index is 11.1. The number of carbonyl (C=O) groups is 1. The lowest BCUT2D eigenvalue weighted by Gasteiger charge is -2.12. The maximum Gasteiger partial charge on any atom is 0.321 e. The summed E-state index contributed by atoms with van der Waals surface area (Å²) >= 11 is 1.58. The first kappa shape index (κ1) is 14.6. The SMILES string of the molecule is NCCN[C@@H](Cc1cn(Cc2cncs2)cn1)C(=O)O. The van der Waals surface area contributed by atoms with E-state index < -0.39 is 12.0 Å². The van der Waals surface area contributed by atoms with E-state index in [1.165, 1.54) is 0 Å². The fraction of sp³-hybridized carbons (Fsp3) is 0.417. The molecule has 0 radical (unpaired) electrons. The third-order valence-corrected chi connectivity index (χ3v) is 3.52. The zero-order chi connectivity index (χ0) is 14.4. The first-order chi connectivity index (χ1) is 9.69. The molecule has 2 aromatic rings. The fourth-order valence-electron chi connectivity index (χ4n) is 1.81. The molecule has 0 unspecified atom stereocenters. The van der Waals surface area contributed by atoms with E-state index in [9.17, 15) is 4.79 Å². The third kappa shape index (κ3) is 4.12. The minimum Gasteiger partial charge on any atom is -0.480 e. The van der Waals surface area contributed by atoms with Crippen LogP contribution in [0.2, 0.25) is 0 Å². The van der Waals surface area contributed by atoms with Gasteiger partial charge in [0.2, 0.25) is 0 Å². The van der Waals surface area contributed by atoms with Gasteiger partial charge in [-0.05, 0) is 0 Å². The van der Waals surface area contributed by atoms with Gasteiger partial charge in [0.1, 0.15) is 6.04 Å². The smallest absolute Gasteiger partial charge is 0.321 e. The van der Waals surface area contributed by atoms with Crippen LogP contribution in [-0.2, 0) is 17.8 Å². The van der Waals surface area contributed by atoms with Crippen molar-refractivity contribution < 1.29 is 9.90 Å². The second kappa shape index (κ2) is 7.13. The molecule has 0 aromatic carbocycles. The zero-order valence-corrected chi connectivity index (χ0v) is 11.7. The van der Waals surface area contributed by atoms with Gasteiger partial charge in [-0.15, -0.1) is 11.3 Å². The Bertz CT molecular complexity index is 540. The van der Waals surface area contributed by atoms with Crippen molar-refractivity contribution in [3.63, 3.8) is 0 Å². The molecular formula is C12H17N5O2S. The van der Waals surface area contributed by atoms with Crippen LogP contribution in [-0.4, -0.2) is 44.7 Å². The number of nitrogens with two attached hydrogens (primary N) is 1. The van der Waals surface area contributed by atoms with Gasteiger partial charge in [-0.3, -0.25) is 9.78 Å². The van der Waals surface area contributed by atoms with Crippen molar-refractivity contribution in [2.24, 2.45) is 5.73 Å². The quantitative estimate of drug-likeness (QED) is 0.629. The Morgan fingerprint density at radius 3 is 3.10 bits per heavy atom.